The Balaban J connectivity index is 4.93. The molecular weight excluding hydrogens is 428 g/mol. The second kappa shape index (κ2) is 14.5. The van der Waals surface area contributed by atoms with Gasteiger partial charge in [0.25, 0.3) is 0 Å². The van der Waals surface area contributed by atoms with Crippen molar-refractivity contribution < 1.29 is 34.2 Å². The molecule has 13 N–H and O–H groups in total. The maximum Gasteiger partial charge on any atom is 0.328 e. The fourth-order valence-electron chi connectivity index (χ4n) is 2.35. The minimum atomic E-state index is -1.61. The van der Waals surface area contributed by atoms with Gasteiger partial charge >= 0.3 is 5.97 Å². The number of aliphatic hydroxyl groups is 1. The Morgan fingerprint density at radius 3 is 2.00 bits per heavy atom. The van der Waals surface area contributed by atoms with Gasteiger partial charge in [-0.3, -0.25) is 24.2 Å². The number of nitrogens with two attached hydrogens (primary N) is 4. The highest BCUT2D eigenvalue weighted by molar-refractivity contribution is 5.94. The summed E-state index contributed by atoms with van der Waals surface area (Å²) in [5.74, 6) is -4.68. The van der Waals surface area contributed by atoms with Crippen molar-refractivity contribution in [2.75, 3.05) is 13.2 Å². The van der Waals surface area contributed by atoms with Crippen LogP contribution in [0.1, 0.15) is 32.6 Å². The third kappa shape index (κ3) is 11.7. The van der Waals surface area contributed by atoms with Gasteiger partial charge in [-0.2, -0.15) is 0 Å². The van der Waals surface area contributed by atoms with Crippen molar-refractivity contribution in [2.24, 2.45) is 27.9 Å². The van der Waals surface area contributed by atoms with Gasteiger partial charge in [0.05, 0.1) is 12.6 Å². The van der Waals surface area contributed by atoms with Crippen molar-refractivity contribution in [3.05, 3.63) is 0 Å². The van der Waals surface area contributed by atoms with E-state index in [2.05, 4.69) is 15.6 Å². The molecule has 0 aromatic heterocycles. The first-order chi connectivity index (χ1) is 14.9. The Hall–Kier alpha value is -3.46. The average molecular weight is 460 g/mol. The van der Waals surface area contributed by atoms with Gasteiger partial charge in [-0.25, -0.2) is 4.79 Å². The highest BCUT2D eigenvalue weighted by Crippen LogP contribution is 2.01. The number of aliphatic hydroxyl groups excluding tert-OH is 1. The molecule has 4 unspecified atom stereocenters. The third-order valence-corrected chi connectivity index (χ3v) is 4.17. The van der Waals surface area contributed by atoms with Gasteiger partial charge in [0.1, 0.15) is 18.1 Å². The van der Waals surface area contributed by atoms with E-state index in [1.807, 2.05) is 5.32 Å². The monoisotopic (exact) mass is 460 g/mol. The van der Waals surface area contributed by atoms with Crippen molar-refractivity contribution in [1.82, 2.24) is 16.0 Å². The summed E-state index contributed by atoms with van der Waals surface area (Å²) in [6.45, 7) is 0.739. The van der Waals surface area contributed by atoms with Crippen LogP contribution in [-0.4, -0.2) is 83.1 Å². The minimum Gasteiger partial charge on any atom is -0.480 e. The molecule has 4 amide bonds. The van der Waals surface area contributed by atoms with Crippen LogP contribution in [0.25, 0.3) is 0 Å². The smallest absolute Gasteiger partial charge is 0.328 e. The van der Waals surface area contributed by atoms with E-state index < -0.39 is 60.4 Å². The lowest BCUT2D eigenvalue weighted by Crippen LogP contribution is -2.56. The molecule has 182 valence electrons. The number of nitrogens with zero attached hydrogens (tertiary/aromatic N) is 1. The molecule has 0 aromatic rings. The van der Waals surface area contributed by atoms with Crippen LogP contribution < -0.4 is 38.9 Å². The topological polar surface area (TPSA) is 278 Å². The number of carboxylic acid groups (broad SMARTS) is 1. The minimum absolute atomic E-state index is 0.0862. The number of primary amides is 1. The van der Waals surface area contributed by atoms with Crippen LogP contribution in [0.15, 0.2) is 4.99 Å². The maximum absolute atomic E-state index is 12.4. The van der Waals surface area contributed by atoms with Gasteiger partial charge in [0.15, 0.2) is 5.96 Å². The predicted octanol–water partition coefficient (Wildman–Crippen LogP) is -4.82. The summed E-state index contributed by atoms with van der Waals surface area (Å²) in [6.07, 6.45) is 0.169. The van der Waals surface area contributed by atoms with Crippen molar-refractivity contribution in [2.45, 2.75) is 56.8 Å². The molecule has 0 rings (SSSR count). The van der Waals surface area contributed by atoms with E-state index in [0.29, 0.717) is 6.42 Å². The Morgan fingerprint density at radius 2 is 1.50 bits per heavy atom. The standard InChI is InChI=1S/C17H32N8O7/c1-8(23-14(29)9(18)3-2-6-22-17(20)21)13(28)24-10(4-5-12(19)27)15(30)25-11(7-26)16(31)32/h8-11,26H,2-7,18H2,1H3,(H2,19,27)(H,23,29)(H,24,28)(H,25,30)(H,31,32)(H4,20,21,22). The highest BCUT2D eigenvalue weighted by atomic mass is 16.4. The molecule has 0 saturated heterocycles. The number of aliphatic carboxylic acids is 1. The molecule has 0 heterocycles. The number of nitrogens with one attached hydrogen (secondary N) is 3. The van der Waals surface area contributed by atoms with Gasteiger partial charge in [0.2, 0.25) is 23.6 Å². The van der Waals surface area contributed by atoms with E-state index in [4.69, 9.17) is 33.1 Å². The number of amides is 4. The van der Waals surface area contributed by atoms with E-state index >= 15 is 0 Å². The van der Waals surface area contributed by atoms with Crippen LogP contribution in [0.3, 0.4) is 0 Å². The van der Waals surface area contributed by atoms with E-state index in [9.17, 15) is 24.0 Å². The molecule has 0 aliphatic heterocycles. The van der Waals surface area contributed by atoms with Gasteiger partial charge in [-0.05, 0) is 26.2 Å². The molecule has 15 heteroatoms. The van der Waals surface area contributed by atoms with Crippen molar-refractivity contribution >= 4 is 35.6 Å². The van der Waals surface area contributed by atoms with Crippen LogP contribution >= 0.6 is 0 Å². The zero-order chi connectivity index (χ0) is 24.8. The molecule has 0 aliphatic rings. The number of rotatable bonds is 15. The van der Waals surface area contributed by atoms with Gasteiger partial charge in [0, 0.05) is 13.0 Å². The fourth-order valence-corrected chi connectivity index (χ4v) is 2.35. The van der Waals surface area contributed by atoms with E-state index in [0.717, 1.165) is 0 Å². The molecule has 0 bridgehead atoms. The largest absolute Gasteiger partial charge is 0.480 e. The molecule has 0 saturated carbocycles. The van der Waals surface area contributed by atoms with Crippen LogP contribution in [-0.2, 0) is 24.0 Å². The van der Waals surface area contributed by atoms with Crippen LogP contribution in [0.2, 0.25) is 0 Å². The number of guanidine groups is 1. The van der Waals surface area contributed by atoms with E-state index in [-0.39, 0.29) is 31.8 Å². The zero-order valence-electron chi connectivity index (χ0n) is 17.7. The number of carbonyl (C=O) groups excluding carboxylic acids is 4. The Kier molecular flexibility index (Phi) is 13.0. The van der Waals surface area contributed by atoms with Gasteiger partial charge < -0.3 is 49.1 Å². The van der Waals surface area contributed by atoms with Crippen molar-refractivity contribution in [3.8, 4) is 0 Å². The Morgan fingerprint density at radius 1 is 0.906 bits per heavy atom. The SMILES string of the molecule is CC(NC(=O)C(N)CCCN=C(N)N)C(=O)NC(CCC(N)=O)C(=O)NC(CO)C(=O)O. The third-order valence-electron chi connectivity index (χ3n) is 4.17. The van der Waals surface area contributed by atoms with Crippen molar-refractivity contribution in [3.63, 3.8) is 0 Å². The van der Waals surface area contributed by atoms with Crippen molar-refractivity contribution in [1.29, 1.82) is 0 Å². The molecule has 0 radical (unpaired) electrons. The number of carboxylic acids is 1. The summed E-state index contributed by atoms with van der Waals surface area (Å²) in [4.78, 5) is 62.7. The summed E-state index contributed by atoms with van der Waals surface area (Å²) < 4.78 is 0. The zero-order valence-corrected chi connectivity index (χ0v) is 17.7. The number of hydrogen-bond acceptors (Lipinski definition) is 8. The highest BCUT2D eigenvalue weighted by Gasteiger charge is 2.28. The molecular formula is C17H32N8O7. The normalized spacial score (nSPS) is 14.2. The molecule has 15 nitrogen and oxygen atoms in total. The summed E-state index contributed by atoms with van der Waals surface area (Å²) in [7, 11) is 0. The molecule has 0 aromatic carbocycles. The summed E-state index contributed by atoms with van der Waals surface area (Å²) >= 11 is 0. The molecule has 0 fully saturated rings. The Labute approximate surface area is 184 Å². The van der Waals surface area contributed by atoms with Crippen LogP contribution in [0.5, 0.6) is 0 Å². The van der Waals surface area contributed by atoms with E-state index in [1.54, 1.807) is 0 Å². The molecule has 0 aliphatic carbocycles. The summed E-state index contributed by atoms with van der Waals surface area (Å²) in [5.41, 5.74) is 21.2. The second-order valence-electron chi connectivity index (χ2n) is 6.93. The summed E-state index contributed by atoms with van der Waals surface area (Å²) in [5, 5.41) is 24.7. The van der Waals surface area contributed by atoms with Gasteiger partial charge in [-0.15, -0.1) is 0 Å². The fraction of sp³-hybridized carbons (Fsp3) is 0.647. The maximum atomic E-state index is 12.4. The first-order valence-corrected chi connectivity index (χ1v) is 9.73. The van der Waals surface area contributed by atoms with Crippen LogP contribution in [0.4, 0.5) is 0 Å². The molecule has 0 spiro atoms. The predicted molar refractivity (Wildman–Crippen MR) is 113 cm³/mol. The first-order valence-electron chi connectivity index (χ1n) is 9.73. The van der Waals surface area contributed by atoms with Gasteiger partial charge in [-0.1, -0.05) is 0 Å². The number of hydrogen-bond donors (Lipinski definition) is 9. The summed E-state index contributed by atoms with van der Waals surface area (Å²) in [6, 6.07) is -4.99. The molecule has 32 heavy (non-hydrogen) atoms. The lowest BCUT2D eigenvalue weighted by molar-refractivity contribution is -0.143. The lowest BCUT2D eigenvalue weighted by Gasteiger charge is -2.23. The Bertz CT molecular complexity index is 711. The second-order valence-corrected chi connectivity index (χ2v) is 6.93. The average Bonchev–Trinajstić information content (AvgIpc) is 2.70. The number of carbonyl (C=O) groups is 5. The number of aliphatic imine (C=N–C) groups is 1. The first kappa shape index (κ1) is 28.5. The molecule has 4 atom stereocenters. The van der Waals surface area contributed by atoms with Crippen LogP contribution in [0, 0.1) is 0 Å². The quantitative estimate of drug-likeness (QED) is 0.0638. The van der Waals surface area contributed by atoms with E-state index in [1.165, 1.54) is 6.92 Å². The lowest BCUT2D eigenvalue weighted by atomic mass is 10.1.